The third-order valence-corrected chi connectivity index (χ3v) is 5.09. The van der Waals surface area contributed by atoms with Crippen molar-refractivity contribution in [1.82, 2.24) is 20.2 Å². The lowest BCUT2D eigenvalue weighted by Gasteiger charge is -2.36. The van der Waals surface area contributed by atoms with Crippen LogP contribution in [0.15, 0.2) is 22.7 Å². The van der Waals surface area contributed by atoms with Crippen LogP contribution in [0.25, 0.3) is 0 Å². The summed E-state index contributed by atoms with van der Waals surface area (Å²) in [5.74, 6) is -0.311. The molecule has 164 valence electrons. The Morgan fingerprint density at radius 2 is 1.69 bits per heavy atom. The molecule has 0 atom stereocenters. The van der Waals surface area contributed by atoms with Gasteiger partial charge in [-0.2, -0.15) is 0 Å². The lowest BCUT2D eigenvalue weighted by molar-refractivity contribution is -0.396. The fraction of sp³-hybridized carbons (Fsp3) is 0.722. The Morgan fingerprint density at radius 1 is 1.14 bits per heavy atom. The Labute approximate surface area is 171 Å². The number of oxime groups is 2. The van der Waals surface area contributed by atoms with E-state index >= 15 is 0 Å². The van der Waals surface area contributed by atoms with Crippen molar-refractivity contribution in [3.63, 3.8) is 0 Å². The highest BCUT2D eigenvalue weighted by atomic mass is 16.6. The standard InChI is InChI=1S/C18H33N7O4/c1-13(22-26)17(4,5)20-11-16(2,3)12-21-18(6,7)14(23-27)10-24-9-8-19-15(24)25(28)29/h8-9,20-21,26-27H,10-12H2,1-7H3/b22-13+,23-14+. The minimum atomic E-state index is -0.720. The van der Waals surface area contributed by atoms with Crippen molar-refractivity contribution in [2.24, 2.45) is 15.7 Å². The molecule has 0 amide bonds. The van der Waals surface area contributed by atoms with Crippen molar-refractivity contribution in [2.45, 2.75) is 66.1 Å². The fourth-order valence-corrected chi connectivity index (χ4v) is 2.45. The number of aromatic nitrogens is 2. The molecule has 1 rings (SSSR count). The minimum absolute atomic E-state index is 0.0324. The van der Waals surface area contributed by atoms with Gasteiger partial charge in [-0.15, -0.1) is 0 Å². The number of nitrogens with one attached hydrogen (secondary N) is 2. The van der Waals surface area contributed by atoms with Gasteiger partial charge in [0.2, 0.25) is 0 Å². The SMILES string of the molecule is C/C(=N\O)C(C)(C)NCC(C)(C)CNC(C)(C)/C(Cn1ccnc1[N+](=O)[O-])=N/O. The van der Waals surface area contributed by atoms with Gasteiger partial charge in [-0.25, -0.2) is 4.57 Å². The molecule has 0 aliphatic heterocycles. The molecular formula is C18H33N7O4. The zero-order valence-corrected chi connectivity index (χ0v) is 18.2. The lowest BCUT2D eigenvalue weighted by atomic mass is 9.88. The zero-order valence-electron chi connectivity index (χ0n) is 18.2. The van der Waals surface area contributed by atoms with Crippen molar-refractivity contribution in [2.75, 3.05) is 13.1 Å². The van der Waals surface area contributed by atoms with Crippen LogP contribution in [0.2, 0.25) is 0 Å². The van der Waals surface area contributed by atoms with E-state index in [9.17, 15) is 15.3 Å². The van der Waals surface area contributed by atoms with Crippen LogP contribution < -0.4 is 10.6 Å². The van der Waals surface area contributed by atoms with Crippen LogP contribution in [0.4, 0.5) is 5.95 Å². The topological polar surface area (TPSA) is 150 Å². The zero-order chi connectivity index (χ0) is 22.5. The van der Waals surface area contributed by atoms with Crippen LogP contribution >= 0.6 is 0 Å². The largest absolute Gasteiger partial charge is 0.434 e. The predicted molar refractivity (Wildman–Crippen MR) is 111 cm³/mol. The van der Waals surface area contributed by atoms with E-state index in [1.807, 2.05) is 27.7 Å². The molecule has 1 heterocycles. The van der Waals surface area contributed by atoms with Gasteiger partial charge in [-0.3, -0.25) is 0 Å². The molecule has 0 aromatic carbocycles. The van der Waals surface area contributed by atoms with E-state index in [2.05, 4.69) is 39.8 Å². The number of imidazole rings is 1. The van der Waals surface area contributed by atoms with Crippen LogP contribution in [0.5, 0.6) is 0 Å². The molecule has 0 aliphatic carbocycles. The van der Waals surface area contributed by atoms with E-state index in [-0.39, 0.29) is 17.9 Å². The lowest BCUT2D eigenvalue weighted by Crippen LogP contribution is -2.55. The maximum atomic E-state index is 11.1. The fourth-order valence-electron chi connectivity index (χ4n) is 2.45. The van der Waals surface area contributed by atoms with Gasteiger partial charge in [0.05, 0.1) is 16.8 Å². The van der Waals surface area contributed by atoms with Gasteiger partial charge >= 0.3 is 5.95 Å². The Balaban J connectivity index is 2.79. The summed E-state index contributed by atoms with van der Waals surface area (Å²) in [4.78, 5) is 14.2. The second-order valence-electron chi connectivity index (χ2n) is 8.97. The van der Waals surface area contributed by atoms with Gasteiger partial charge in [-0.05, 0) is 45.0 Å². The first-order valence-electron chi connectivity index (χ1n) is 9.32. The summed E-state index contributed by atoms with van der Waals surface area (Å²) in [6, 6.07) is 0. The third-order valence-electron chi connectivity index (χ3n) is 5.09. The normalized spacial score (nSPS) is 14.3. The van der Waals surface area contributed by atoms with Crippen LogP contribution in [-0.2, 0) is 6.54 Å². The van der Waals surface area contributed by atoms with Gasteiger partial charge < -0.3 is 31.2 Å². The van der Waals surface area contributed by atoms with Crippen LogP contribution in [-0.4, -0.2) is 60.5 Å². The van der Waals surface area contributed by atoms with Crippen LogP contribution in [0, 0.1) is 15.5 Å². The maximum Gasteiger partial charge on any atom is 0.434 e. The third kappa shape index (κ3) is 6.79. The highest BCUT2D eigenvalue weighted by Gasteiger charge is 2.32. The average Bonchev–Trinajstić information content (AvgIpc) is 3.11. The average molecular weight is 412 g/mol. The van der Waals surface area contributed by atoms with E-state index < -0.39 is 16.0 Å². The first kappa shape index (κ1) is 24.5. The molecule has 0 spiro atoms. The maximum absolute atomic E-state index is 11.1. The summed E-state index contributed by atoms with van der Waals surface area (Å²) in [5.41, 5.74) is -0.447. The number of nitro groups is 1. The number of hydrogen-bond acceptors (Lipinski definition) is 9. The van der Waals surface area contributed by atoms with Gasteiger partial charge in [0.1, 0.15) is 24.7 Å². The molecule has 4 N–H and O–H groups in total. The molecule has 0 aliphatic rings. The van der Waals surface area contributed by atoms with E-state index in [4.69, 9.17) is 5.21 Å². The minimum Gasteiger partial charge on any atom is -0.411 e. The summed E-state index contributed by atoms with van der Waals surface area (Å²) in [7, 11) is 0. The highest BCUT2D eigenvalue weighted by molar-refractivity contribution is 5.92. The predicted octanol–water partition coefficient (Wildman–Crippen LogP) is 2.23. The Hall–Kier alpha value is -2.53. The molecule has 0 radical (unpaired) electrons. The number of rotatable bonds is 11. The molecule has 0 unspecified atom stereocenters. The van der Waals surface area contributed by atoms with Crippen LogP contribution in [0.1, 0.15) is 48.5 Å². The Bertz CT molecular complexity index is 766. The molecule has 0 saturated heterocycles. The van der Waals surface area contributed by atoms with E-state index in [1.54, 1.807) is 6.92 Å². The first-order chi connectivity index (χ1) is 13.3. The molecule has 0 saturated carbocycles. The molecular weight excluding hydrogens is 378 g/mol. The molecule has 11 nitrogen and oxygen atoms in total. The van der Waals surface area contributed by atoms with Gasteiger partial charge in [0.25, 0.3) is 0 Å². The molecule has 1 aromatic rings. The summed E-state index contributed by atoms with van der Waals surface area (Å²) >= 11 is 0. The van der Waals surface area contributed by atoms with E-state index in [0.29, 0.717) is 24.5 Å². The Kier molecular flexibility index (Phi) is 7.87. The Morgan fingerprint density at radius 3 is 2.17 bits per heavy atom. The second-order valence-corrected chi connectivity index (χ2v) is 8.97. The van der Waals surface area contributed by atoms with Gasteiger partial charge in [0.15, 0.2) is 0 Å². The van der Waals surface area contributed by atoms with Crippen molar-refractivity contribution in [3.05, 3.63) is 22.5 Å². The smallest absolute Gasteiger partial charge is 0.411 e. The first-order valence-corrected chi connectivity index (χ1v) is 9.32. The molecule has 1 aromatic heterocycles. The quantitative estimate of drug-likeness (QED) is 0.189. The monoisotopic (exact) mass is 411 g/mol. The summed E-state index contributed by atoms with van der Waals surface area (Å²) in [6.45, 7) is 14.7. The van der Waals surface area contributed by atoms with Crippen molar-refractivity contribution in [1.29, 1.82) is 0 Å². The van der Waals surface area contributed by atoms with E-state index in [0.717, 1.165) is 0 Å². The van der Waals surface area contributed by atoms with Crippen molar-refractivity contribution >= 4 is 17.4 Å². The van der Waals surface area contributed by atoms with Crippen LogP contribution in [0.3, 0.4) is 0 Å². The summed E-state index contributed by atoms with van der Waals surface area (Å²) < 4.78 is 1.32. The van der Waals surface area contributed by atoms with Gasteiger partial charge in [-0.1, -0.05) is 29.1 Å². The molecule has 0 fully saturated rings. The number of nitrogens with zero attached hydrogens (tertiary/aromatic N) is 5. The van der Waals surface area contributed by atoms with Crippen molar-refractivity contribution < 1.29 is 15.3 Å². The summed E-state index contributed by atoms with van der Waals surface area (Å²) in [6.07, 6.45) is 2.81. The van der Waals surface area contributed by atoms with E-state index in [1.165, 1.54) is 17.0 Å². The molecule has 11 heteroatoms. The molecule has 29 heavy (non-hydrogen) atoms. The number of hydrogen-bond donors (Lipinski definition) is 4. The molecule has 0 bridgehead atoms. The highest BCUT2D eigenvalue weighted by Crippen LogP contribution is 2.19. The van der Waals surface area contributed by atoms with Crippen molar-refractivity contribution in [3.8, 4) is 0 Å². The van der Waals surface area contributed by atoms with Gasteiger partial charge in [0, 0.05) is 13.1 Å². The summed E-state index contributed by atoms with van der Waals surface area (Å²) in [5, 5.41) is 43.0. The second kappa shape index (κ2) is 9.31.